The summed E-state index contributed by atoms with van der Waals surface area (Å²) >= 11 is 1.74. The van der Waals surface area contributed by atoms with Gasteiger partial charge in [-0.05, 0) is 36.8 Å². The number of hydrogen-bond acceptors (Lipinski definition) is 3. The lowest BCUT2D eigenvalue weighted by Gasteiger charge is -2.38. The molecule has 1 atom stereocenters. The summed E-state index contributed by atoms with van der Waals surface area (Å²) in [6.45, 7) is 5.99. The number of hydrogen-bond donors (Lipinski definition) is 0. The molecule has 2 aromatic rings. The second-order valence-electron chi connectivity index (χ2n) is 6.53. The number of benzene rings is 1. The number of amides is 1. The molecule has 128 valence electrons. The molecule has 1 amide bonds. The van der Waals surface area contributed by atoms with E-state index in [1.54, 1.807) is 11.3 Å². The summed E-state index contributed by atoms with van der Waals surface area (Å²) in [5.74, 6) is 0.304. The number of carbonyl (C=O) groups is 1. The zero-order valence-corrected chi connectivity index (χ0v) is 15.2. The monoisotopic (exact) mass is 342 g/mol. The van der Waals surface area contributed by atoms with Crippen LogP contribution in [0.3, 0.4) is 0 Å². The lowest BCUT2D eigenvalue weighted by atomic mass is 10.1. The van der Waals surface area contributed by atoms with E-state index < -0.39 is 0 Å². The minimum absolute atomic E-state index is 0.304. The van der Waals surface area contributed by atoms with Gasteiger partial charge in [-0.1, -0.05) is 36.4 Å². The van der Waals surface area contributed by atoms with Crippen LogP contribution in [0.2, 0.25) is 0 Å². The van der Waals surface area contributed by atoms with E-state index in [1.165, 1.54) is 10.4 Å². The molecular formula is C20H26N2OS. The highest BCUT2D eigenvalue weighted by Crippen LogP contribution is 2.15. The first-order chi connectivity index (χ1) is 11.7. The fourth-order valence-electron chi connectivity index (χ4n) is 3.34. The number of rotatable bonds is 6. The van der Waals surface area contributed by atoms with Crippen LogP contribution in [-0.2, 0) is 17.6 Å². The van der Waals surface area contributed by atoms with E-state index in [9.17, 15) is 4.79 Å². The predicted octanol–water partition coefficient (Wildman–Crippen LogP) is 3.46. The van der Waals surface area contributed by atoms with Gasteiger partial charge in [0.15, 0.2) is 0 Å². The van der Waals surface area contributed by atoms with Gasteiger partial charge in [0.05, 0.1) is 0 Å². The third-order valence-corrected chi connectivity index (χ3v) is 5.77. The molecule has 1 saturated heterocycles. The van der Waals surface area contributed by atoms with Gasteiger partial charge >= 0.3 is 0 Å². The summed E-state index contributed by atoms with van der Waals surface area (Å²) in [6, 6.07) is 15.4. The van der Waals surface area contributed by atoms with Gasteiger partial charge in [-0.3, -0.25) is 9.69 Å². The Kier molecular flexibility index (Phi) is 6.05. The first-order valence-electron chi connectivity index (χ1n) is 8.80. The average Bonchev–Trinajstić information content (AvgIpc) is 3.14. The summed E-state index contributed by atoms with van der Waals surface area (Å²) in [7, 11) is 0. The fraction of sp³-hybridized carbons (Fsp3) is 0.450. The van der Waals surface area contributed by atoms with E-state index in [1.807, 2.05) is 4.90 Å². The molecule has 1 fully saturated rings. The molecule has 3 rings (SSSR count). The van der Waals surface area contributed by atoms with Crippen LogP contribution >= 0.6 is 11.3 Å². The van der Waals surface area contributed by atoms with Crippen LogP contribution < -0.4 is 0 Å². The highest BCUT2D eigenvalue weighted by atomic mass is 32.1. The quantitative estimate of drug-likeness (QED) is 0.803. The summed E-state index contributed by atoms with van der Waals surface area (Å²) < 4.78 is 0. The Hall–Kier alpha value is -1.65. The molecule has 1 aliphatic heterocycles. The van der Waals surface area contributed by atoms with Gasteiger partial charge in [-0.25, -0.2) is 0 Å². The Morgan fingerprint density at radius 3 is 2.50 bits per heavy atom. The van der Waals surface area contributed by atoms with Crippen molar-refractivity contribution >= 4 is 17.2 Å². The van der Waals surface area contributed by atoms with Gasteiger partial charge in [0, 0.05) is 43.5 Å². The first kappa shape index (κ1) is 17.2. The lowest BCUT2D eigenvalue weighted by Crippen LogP contribution is -2.51. The first-order valence-corrected chi connectivity index (χ1v) is 9.68. The van der Waals surface area contributed by atoms with Gasteiger partial charge in [-0.15, -0.1) is 11.3 Å². The highest BCUT2D eigenvalue weighted by Gasteiger charge is 2.23. The van der Waals surface area contributed by atoms with Gasteiger partial charge < -0.3 is 4.90 Å². The van der Waals surface area contributed by atoms with Crippen LogP contribution in [0, 0.1) is 0 Å². The standard InChI is InChI=1S/C20H26N2OS/c1-17(16-18-6-3-2-4-7-18)21-11-13-22(14-12-21)20(23)10-9-19-8-5-15-24-19/h2-8,15,17H,9-14,16H2,1H3. The highest BCUT2D eigenvalue weighted by molar-refractivity contribution is 7.09. The van der Waals surface area contributed by atoms with Crippen LogP contribution in [0.25, 0.3) is 0 Å². The molecule has 0 radical (unpaired) electrons. The van der Waals surface area contributed by atoms with Gasteiger partial charge in [0.25, 0.3) is 0 Å². The van der Waals surface area contributed by atoms with E-state index in [0.29, 0.717) is 18.4 Å². The Bertz CT molecular complexity index is 618. The predicted molar refractivity (Wildman–Crippen MR) is 100 cm³/mol. The molecule has 4 heteroatoms. The molecule has 2 heterocycles. The Balaban J connectivity index is 1.42. The molecule has 1 unspecified atom stereocenters. The molecule has 3 nitrogen and oxygen atoms in total. The third kappa shape index (κ3) is 4.68. The zero-order chi connectivity index (χ0) is 16.8. The zero-order valence-electron chi connectivity index (χ0n) is 14.4. The summed E-state index contributed by atoms with van der Waals surface area (Å²) in [6.07, 6.45) is 2.59. The third-order valence-electron chi connectivity index (χ3n) is 4.83. The largest absolute Gasteiger partial charge is 0.340 e. The fourth-order valence-corrected chi connectivity index (χ4v) is 4.05. The Labute approximate surface area is 148 Å². The van der Waals surface area contributed by atoms with E-state index in [4.69, 9.17) is 0 Å². The van der Waals surface area contributed by atoms with Crippen molar-refractivity contribution in [3.63, 3.8) is 0 Å². The topological polar surface area (TPSA) is 23.6 Å². The number of piperazine rings is 1. The Morgan fingerprint density at radius 1 is 1.08 bits per heavy atom. The number of thiophene rings is 1. The Morgan fingerprint density at radius 2 is 1.83 bits per heavy atom. The maximum atomic E-state index is 12.4. The number of carbonyl (C=O) groups excluding carboxylic acids is 1. The molecular weight excluding hydrogens is 316 g/mol. The average molecular weight is 343 g/mol. The maximum absolute atomic E-state index is 12.4. The molecule has 1 aromatic carbocycles. The summed E-state index contributed by atoms with van der Waals surface area (Å²) in [5.41, 5.74) is 1.39. The van der Waals surface area contributed by atoms with Crippen LogP contribution in [0.5, 0.6) is 0 Å². The van der Waals surface area contributed by atoms with E-state index in [2.05, 4.69) is 59.7 Å². The van der Waals surface area contributed by atoms with Gasteiger partial charge in [0.2, 0.25) is 5.91 Å². The van der Waals surface area contributed by atoms with Gasteiger partial charge in [-0.2, -0.15) is 0 Å². The van der Waals surface area contributed by atoms with Crippen molar-refractivity contribution in [1.29, 1.82) is 0 Å². The molecule has 0 saturated carbocycles. The van der Waals surface area contributed by atoms with Crippen LogP contribution in [0.1, 0.15) is 23.8 Å². The van der Waals surface area contributed by atoms with Crippen molar-refractivity contribution in [2.24, 2.45) is 0 Å². The van der Waals surface area contributed by atoms with Gasteiger partial charge in [0.1, 0.15) is 0 Å². The summed E-state index contributed by atoms with van der Waals surface area (Å²) in [5, 5.41) is 2.08. The van der Waals surface area contributed by atoms with Crippen LogP contribution in [-0.4, -0.2) is 47.9 Å². The van der Waals surface area contributed by atoms with Crippen molar-refractivity contribution in [1.82, 2.24) is 9.80 Å². The number of nitrogens with zero attached hydrogens (tertiary/aromatic N) is 2. The van der Waals surface area contributed by atoms with Crippen molar-refractivity contribution in [2.45, 2.75) is 32.2 Å². The van der Waals surface area contributed by atoms with Crippen LogP contribution in [0.4, 0.5) is 0 Å². The number of aryl methyl sites for hydroxylation is 1. The van der Waals surface area contributed by atoms with E-state index >= 15 is 0 Å². The second kappa shape index (κ2) is 8.45. The molecule has 24 heavy (non-hydrogen) atoms. The minimum atomic E-state index is 0.304. The molecule has 0 aliphatic carbocycles. The van der Waals surface area contributed by atoms with E-state index in [-0.39, 0.29) is 0 Å². The molecule has 0 bridgehead atoms. The van der Waals surface area contributed by atoms with Crippen LogP contribution in [0.15, 0.2) is 47.8 Å². The second-order valence-corrected chi connectivity index (χ2v) is 7.57. The lowest BCUT2D eigenvalue weighted by molar-refractivity contribution is -0.133. The van der Waals surface area contributed by atoms with Crippen molar-refractivity contribution in [3.05, 3.63) is 58.3 Å². The van der Waals surface area contributed by atoms with Crippen molar-refractivity contribution in [2.75, 3.05) is 26.2 Å². The minimum Gasteiger partial charge on any atom is -0.340 e. The van der Waals surface area contributed by atoms with Crippen molar-refractivity contribution in [3.8, 4) is 0 Å². The van der Waals surface area contributed by atoms with Crippen molar-refractivity contribution < 1.29 is 4.79 Å². The summed E-state index contributed by atoms with van der Waals surface area (Å²) in [4.78, 5) is 18.2. The van der Waals surface area contributed by atoms with E-state index in [0.717, 1.165) is 39.0 Å². The SMILES string of the molecule is CC(Cc1ccccc1)N1CCN(C(=O)CCc2cccs2)CC1. The smallest absolute Gasteiger partial charge is 0.223 e. The molecule has 1 aromatic heterocycles. The normalized spacial score (nSPS) is 17.0. The molecule has 1 aliphatic rings. The maximum Gasteiger partial charge on any atom is 0.223 e. The molecule has 0 spiro atoms. The molecule has 0 N–H and O–H groups in total.